The van der Waals surface area contributed by atoms with Crippen molar-refractivity contribution in [1.82, 2.24) is 5.32 Å². The maximum Gasteiger partial charge on any atom is 0.336 e. The van der Waals surface area contributed by atoms with Crippen molar-refractivity contribution in [3.63, 3.8) is 0 Å². The molecule has 0 spiro atoms. The van der Waals surface area contributed by atoms with Gasteiger partial charge >= 0.3 is 5.97 Å². The Balaban J connectivity index is 2.46. The van der Waals surface area contributed by atoms with Gasteiger partial charge in [0.05, 0.1) is 12.7 Å². The number of methoxy groups -OCH3 is 1. The quantitative estimate of drug-likeness (QED) is 0.829. The first-order valence-electron chi connectivity index (χ1n) is 5.87. The van der Waals surface area contributed by atoms with Crippen LogP contribution in [0.1, 0.15) is 24.8 Å². The third kappa shape index (κ3) is 2.65. The van der Waals surface area contributed by atoms with Crippen LogP contribution >= 0.6 is 0 Å². The molecular formula is C14H14FNO3. The molecule has 1 atom stereocenters. The summed E-state index contributed by atoms with van der Waals surface area (Å²) in [5.74, 6) is -1.41. The molecule has 0 saturated carbocycles. The Bertz CT molecular complexity index is 548. The summed E-state index contributed by atoms with van der Waals surface area (Å²) in [4.78, 5) is 23.4. The molecule has 0 unspecified atom stereocenters. The average molecular weight is 263 g/mol. The maximum absolute atomic E-state index is 12.9. The van der Waals surface area contributed by atoms with Crippen molar-refractivity contribution in [2.75, 3.05) is 7.11 Å². The van der Waals surface area contributed by atoms with Gasteiger partial charge in [-0.2, -0.15) is 0 Å². The Morgan fingerprint density at radius 3 is 2.58 bits per heavy atom. The standard InChI is InChI=1S/C14H14FNO3/c1-8-13(14(18)19-2)11(7-12(17)16-8)9-3-5-10(15)6-4-9/h3-6,11H,7H2,1-2H3,(H,16,17)/t11-/m0/s1. The largest absolute Gasteiger partial charge is 0.466 e. The lowest BCUT2D eigenvalue weighted by Crippen LogP contribution is -2.34. The smallest absolute Gasteiger partial charge is 0.336 e. The van der Waals surface area contributed by atoms with Crippen LogP contribution in [0.3, 0.4) is 0 Å². The highest BCUT2D eigenvalue weighted by Crippen LogP contribution is 2.33. The van der Waals surface area contributed by atoms with E-state index in [4.69, 9.17) is 4.74 Å². The third-order valence-electron chi connectivity index (χ3n) is 3.15. The number of carbonyl (C=O) groups is 2. The molecule has 2 rings (SSSR count). The molecule has 1 N–H and O–H groups in total. The van der Waals surface area contributed by atoms with Crippen LogP contribution in [0.15, 0.2) is 35.5 Å². The monoisotopic (exact) mass is 263 g/mol. The number of allylic oxidation sites excluding steroid dienone is 1. The molecule has 4 nitrogen and oxygen atoms in total. The topological polar surface area (TPSA) is 55.4 Å². The molecule has 0 aromatic heterocycles. The number of benzene rings is 1. The second-order valence-corrected chi connectivity index (χ2v) is 4.39. The van der Waals surface area contributed by atoms with Crippen molar-refractivity contribution < 1.29 is 18.7 Å². The number of halogens is 1. The van der Waals surface area contributed by atoms with Crippen LogP contribution in [-0.2, 0) is 14.3 Å². The lowest BCUT2D eigenvalue weighted by molar-refractivity contribution is -0.136. The Morgan fingerprint density at radius 1 is 1.37 bits per heavy atom. The van der Waals surface area contributed by atoms with E-state index in [1.165, 1.54) is 19.2 Å². The molecule has 1 heterocycles. The number of ether oxygens (including phenoxy) is 1. The first-order chi connectivity index (χ1) is 9.02. The van der Waals surface area contributed by atoms with Crippen LogP contribution < -0.4 is 5.32 Å². The van der Waals surface area contributed by atoms with Gasteiger partial charge in [-0.05, 0) is 24.6 Å². The number of hydrogen-bond acceptors (Lipinski definition) is 3. The van der Waals surface area contributed by atoms with Gasteiger partial charge < -0.3 is 10.1 Å². The van der Waals surface area contributed by atoms with Crippen LogP contribution in [-0.4, -0.2) is 19.0 Å². The van der Waals surface area contributed by atoms with E-state index >= 15 is 0 Å². The van der Waals surface area contributed by atoms with Crippen molar-refractivity contribution >= 4 is 11.9 Å². The Hall–Kier alpha value is -2.17. The van der Waals surface area contributed by atoms with Crippen LogP contribution in [0.25, 0.3) is 0 Å². The molecule has 0 saturated heterocycles. The Labute approximate surface area is 110 Å². The first-order valence-corrected chi connectivity index (χ1v) is 5.87. The number of carbonyl (C=O) groups excluding carboxylic acids is 2. The van der Waals surface area contributed by atoms with Crippen molar-refractivity contribution in [3.8, 4) is 0 Å². The summed E-state index contributed by atoms with van der Waals surface area (Å²) in [5, 5.41) is 2.62. The molecule has 0 bridgehead atoms. The highest BCUT2D eigenvalue weighted by atomic mass is 19.1. The summed E-state index contributed by atoms with van der Waals surface area (Å²) in [6, 6.07) is 5.78. The minimum atomic E-state index is -0.480. The van der Waals surface area contributed by atoms with Crippen molar-refractivity contribution in [2.24, 2.45) is 0 Å². The fraction of sp³-hybridized carbons (Fsp3) is 0.286. The molecule has 19 heavy (non-hydrogen) atoms. The van der Waals surface area contributed by atoms with Gasteiger partial charge in [0, 0.05) is 18.0 Å². The highest BCUT2D eigenvalue weighted by Gasteiger charge is 2.32. The van der Waals surface area contributed by atoms with Crippen molar-refractivity contribution in [1.29, 1.82) is 0 Å². The van der Waals surface area contributed by atoms with E-state index in [0.717, 1.165) is 5.56 Å². The van der Waals surface area contributed by atoms with E-state index < -0.39 is 11.9 Å². The molecule has 1 aromatic carbocycles. The second kappa shape index (κ2) is 5.22. The van der Waals surface area contributed by atoms with Gasteiger partial charge in [0.15, 0.2) is 0 Å². The summed E-state index contributed by atoms with van der Waals surface area (Å²) in [7, 11) is 1.29. The van der Waals surface area contributed by atoms with E-state index in [1.807, 2.05) is 0 Å². The first kappa shape index (κ1) is 13.3. The van der Waals surface area contributed by atoms with Gasteiger partial charge in [-0.1, -0.05) is 12.1 Å². The van der Waals surface area contributed by atoms with E-state index in [9.17, 15) is 14.0 Å². The zero-order chi connectivity index (χ0) is 14.0. The molecule has 0 fully saturated rings. The van der Waals surface area contributed by atoms with E-state index in [-0.39, 0.29) is 18.1 Å². The van der Waals surface area contributed by atoms with Gasteiger partial charge in [0.1, 0.15) is 5.82 Å². The summed E-state index contributed by atoms with van der Waals surface area (Å²) in [5.41, 5.74) is 1.61. The van der Waals surface area contributed by atoms with Crippen LogP contribution in [0, 0.1) is 5.82 Å². The molecule has 1 aromatic rings. The molecule has 1 amide bonds. The van der Waals surface area contributed by atoms with Crippen molar-refractivity contribution in [2.45, 2.75) is 19.3 Å². The van der Waals surface area contributed by atoms with Gasteiger partial charge in [0.25, 0.3) is 0 Å². The number of nitrogens with one attached hydrogen (secondary N) is 1. The number of hydrogen-bond donors (Lipinski definition) is 1. The number of amides is 1. The number of esters is 1. The molecule has 100 valence electrons. The minimum Gasteiger partial charge on any atom is -0.466 e. The molecule has 5 heteroatoms. The normalized spacial score (nSPS) is 19.1. The highest BCUT2D eigenvalue weighted by molar-refractivity contribution is 5.95. The average Bonchev–Trinajstić information content (AvgIpc) is 2.38. The Morgan fingerprint density at radius 2 is 2.00 bits per heavy atom. The van der Waals surface area contributed by atoms with Gasteiger partial charge in [-0.25, -0.2) is 9.18 Å². The fourth-order valence-electron chi connectivity index (χ4n) is 2.26. The third-order valence-corrected chi connectivity index (χ3v) is 3.15. The van der Waals surface area contributed by atoms with E-state index in [1.54, 1.807) is 19.1 Å². The van der Waals surface area contributed by atoms with Crippen molar-refractivity contribution in [3.05, 3.63) is 46.9 Å². The summed E-state index contributed by atoms with van der Waals surface area (Å²) >= 11 is 0. The predicted molar refractivity (Wildman–Crippen MR) is 66.6 cm³/mol. The summed E-state index contributed by atoms with van der Waals surface area (Å²) in [6.07, 6.45) is 0.146. The van der Waals surface area contributed by atoms with Gasteiger partial charge in [0.2, 0.25) is 5.91 Å². The minimum absolute atomic E-state index is 0.146. The van der Waals surface area contributed by atoms with Crippen LogP contribution in [0.2, 0.25) is 0 Å². The predicted octanol–water partition coefficient (Wildman–Crippen LogP) is 1.88. The zero-order valence-corrected chi connectivity index (χ0v) is 10.7. The van der Waals surface area contributed by atoms with E-state index in [2.05, 4.69) is 5.32 Å². The lowest BCUT2D eigenvalue weighted by atomic mass is 9.84. The van der Waals surface area contributed by atoms with Crippen LogP contribution in [0.4, 0.5) is 4.39 Å². The van der Waals surface area contributed by atoms with Gasteiger partial charge in [-0.3, -0.25) is 4.79 Å². The SMILES string of the molecule is COC(=O)C1=C(C)NC(=O)C[C@H]1c1ccc(F)cc1. The number of rotatable bonds is 2. The fourth-order valence-corrected chi connectivity index (χ4v) is 2.26. The second-order valence-electron chi connectivity index (χ2n) is 4.39. The molecule has 0 aliphatic carbocycles. The lowest BCUT2D eigenvalue weighted by Gasteiger charge is -2.26. The summed E-state index contributed by atoms with van der Waals surface area (Å²) < 4.78 is 17.7. The molecule has 1 aliphatic heterocycles. The molecular weight excluding hydrogens is 249 g/mol. The Kier molecular flexibility index (Phi) is 3.64. The maximum atomic E-state index is 12.9. The van der Waals surface area contributed by atoms with Crippen LogP contribution in [0.5, 0.6) is 0 Å². The molecule has 1 aliphatic rings. The van der Waals surface area contributed by atoms with Gasteiger partial charge in [-0.15, -0.1) is 0 Å². The summed E-state index contributed by atoms with van der Waals surface area (Å²) in [6.45, 7) is 1.65. The van der Waals surface area contributed by atoms with E-state index in [0.29, 0.717) is 11.3 Å². The zero-order valence-electron chi connectivity index (χ0n) is 10.7. The molecule has 0 radical (unpaired) electrons.